The van der Waals surface area contributed by atoms with Crippen LogP contribution < -0.4 is 5.32 Å². The molecule has 6 fully saturated rings. The van der Waals surface area contributed by atoms with Crippen molar-refractivity contribution in [2.24, 2.45) is 17.8 Å². The highest BCUT2D eigenvalue weighted by molar-refractivity contribution is 5.78. The number of rotatable bonds is 1. The van der Waals surface area contributed by atoms with E-state index in [0.29, 0.717) is 13.1 Å². The molecule has 150 valence electrons. The summed E-state index contributed by atoms with van der Waals surface area (Å²) in [5.41, 5.74) is -0.604. The topological polar surface area (TPSA) is 61.9 Å². The first-order valence-electron chi connectivity index (χ1n) is 10.7. The smallest absolute Gasteiger partial charge is 0.410 e. The molecule has 3 amide bonds. The number of carbonyl (C=O) groups is 2. The van der Waals surface area contributed by atoms with Crippen molar-refractivity contribution in [1.82, 2.24) is 15.1 Å². The van der Waals surface area contributed by atoms with Gasteiger partial charge in [0.05, 0.1) is 5.54 Å². The Hall–Kier alpha value is -1.46. The summed E-state index contributed by atoms with van der Waals surface area (Å²) in [4.78, 5) is 29.1. The maximum Gasteiger partial charge on any atom is 0.410 e. The molecule has 0 aromatic rings. The van der Waals surface area contributed by atoms with Gasteiger partial charge in [-0.05, 0) is 83.5 Å². The summed E-state index contributed by atoms with van der Waals surface area (Å²) in [6.07, 6.45) is 8.39. The van der Waals surface area contributed by atoms with Crippen LogP contribution in [0, 0.1) is 17.8 Å². The van der Waals surface area contributed by atoms with Crippen LogP contribution in [0.2, 0.25) is 0 Å². The molecule has 27 heavy (non-hydrogen) atoms. The van der Waals surface area contributed by atoms with Crippen LogP contribution in [0.3, 0.4) is 0 Å². The molecule has 1 N–H and O–H groups in total. The molecule has 2 heterocycles. The zero-order chi connectivity index (χ0) is 19.0. The standard InChI is InChI=1S/C21H33N3O3/c1-19(2,3)27-18(26)24-5-4-21(24)12-23(13-21)17(25)22-20-9-14-6-15(10-20)8-16(7-14)11-20/h14-16H,4-13H2,1-3H3,(H,22,25). The van der Waals surface area contributed by atoms with Gasteiger partial charge in [0.25, 0.3) is 0 Å². The number of hydrogen-bond donors (Lipinski definition) is 1. The average molecular weight is 376 g/mol. The van der Waals surface area contributed by atoms with E-state index in [2.05, 4.69) is 5.32 Å². The van der Waals surface area contributed by atoms with E-state index in [1.807, 2.05) is 30.6 Å². The molecule has 0 atom stereocenters. The van der Waals surface area contributed by atoms with Gasteiger partial charge in [-0.15, -0.1) is 0 Å². The van der Waals surface area contributed by atoms with Gasteiger partial charge in [0, 0.05) is 25.2 Å². The van der Waals surface area contributed by atoms with Gasteiger partial charge in [0.1, 0.15) is 5.60 Å². The zero-order valence-electron chi connectivity index (χ0n) is 16.9. The summed E-state index contributed by atoms with van der Waals surface area (Å²) in [7, 11) is 0. The van der Waals surface area contributed by atoms with E-state index in [-0.39, 0.29) is 23.2 Å². The Bertz CT molecular complexity index is 627. The van der Waals surface area contributed by atoms with E-state index in [0.717, 1.165) is 30.7 Å². The van der Waals surface area contributed by atoms with E-state index in [1.165, 1.54) is 38.5 Å². The lowest BCUT2D eigenvalue weighted by Crippen LogP contribution is -2.80. The van der Waals surface area contributed by atoms with Crippen molar-refractivity contribution in [2.75, 3.05) is 19.6 Å². The van der Waals surface area contributed by atoms with Crippen molar-refractivity contribution in [3.8, 4) is 0 Å². The predicted octanol–water partition coefficient (Wildman–Crippen LogP) is 3.36. The van der Waals surface area contributed by atoms with Gasteiger partial charge < -0.3 is 15.0 Å². The highest BCUT2D eigenvalue weighted by Crippen LogP contribution is 2.55. The Morgan fingerprint density at radius 1 is 1.00 bits per heavy atom. The molecule has 4 saturated carbocycles. The van der Waals surface area contributed by atoms with Crippen molar-refractivity contribution in [3.05, 3.63) is 0 Å². The molecule has 2 saturated heterocycles. The number of carbonyl (C=O) groups excluding carboxylic acids is 2. The first-order valence-corrected chi connectivity index (χ1v) is 10.7. The highest BCUT2D eigenvalue weighted by Gasteiger charge is 2.59. The normalized spacial score (nSPS) is 38.4. The molecular weight excluding hydrogens is 342 g/mol. The fraction of sp³-hybridized carbons (Fsp3) is 0.905. The van der Waals surface area contributed by atoms with E-state index in [9.17, 15) is 9.59 Å². The first kappa shape index (κ1) is 17.6. The summed E-state index contributed by atoms with van der Waals surface area (Å²) in [5, 5.41) is 3.45. The molecule has 6 heteroatoms. The molecule has 4 bridgehead atoms. The van der Waals surface area contributed by atoms with Crippen molar-refractivity contribution < 1.29 is 14.3 Å². The number of nitrogens with zero attached hydrogens (tertiary/aromatic N) is 2. The maximum atomic E-state index is 12.9. The second-order valence-corrected chi connectivity index (χ2v) is 11.1. The van der Waals surface area contributed by atoms with E-state index < -0.39 is 5.60 Å². The number of likely N-dealkylation sites (tertiary alicyclic amines) is 2. The lowest BCUT2D eigenvalue weighted by molar-refractivity contribution is -0.105. The first-order chi connectivity index (χ1) is 12.7. The third-order valence-corrected chi connectivity index (χ3v) is 7.66. The molecule has 0 unspecified atom stereocenters. The van der Waals surface area contributed by atoms with Crippen LogP contribution in [0.5, 0.6) is 0 Å². The Balaban J connectivity index is 1.18. The number of hydrogen-bond acceptors (Lipinski definition) is 3. The molecular formula is C21H33N3O3. The highest BCUT2D eigenvalue weighted by atomic mass is 16.6. The summed E-state index contributed by atoms with van der Waals surface area (Å²) in [6.45, 7) is 7.70. The van der Waals surface area contributed by atoms with E-state index in [1.54, 1.807) is 0 Å². The van der Waals surface area contributed by atoms with E-state index in [4.69, 9.17) is 4.74 Å². The van der Waals surface area contributed by atoms with Crippen molar-refractivity contribution >= 4 is 12.1 Å². The van der Waals surface area contributed by atoms with Gasteiger partial charge in [-0.3, -0.25) is 4.90 Å². The average Bonchev–Trinajstić information content (AvgIpc) is 2.39. The van der Waals surface area contributed by atoms with Gasteiger partial charge in [-0.25, -0.2) is 9.59 Å². The molecule has 0 aromatic carbocycles. The fourth-order valence-corrected chi connectivity index (χ4v) is 6.85. The van der Waals surface area contributed by atoms with Crippen molar-refractivity contribution in [3.63, 3.8) is 0 Å². The third kappa shape index (κ3) is 2.90. The minimum Gasteiger partial charge on any atom is -0.444 e. The minimum absolute atomic E-state index is 0.0546. The second kappa shape index (κ2) is 5.54. The fourth-order valence-electron chi connectivity index (χ4n) is 6.85. The van der Waals surface area contributed by atoms with Crippen LogP contribution in [0.25, 0.3) is 0 Å². The molecule has 1 spiro atoms. The number of ether oxygens (including phenoxy) is 1. The lowest BCUT2D eigenvalue weighted by atomic mass is 9.53. The SMILES string of the molecule is CC(C)(C)OC(=O)N1CCC12CN(C(=O)NC13CC4CC(CC(C4)C1)C3)C2. The Kier molecular flexibility index (Phi) is 3.62. The van der Waals surface area contributed by atoms with Crippen LogP contribution >= 0.6 is 0 Å². The molecule has 2 aliphatic heterocycles. The zero-order valence-corrected chi connectivity index (χ0v) is 16.9. The van der Waals surface area contributed by atoms with Gasteiger partial charge in [0.2, 0.25) is 0 Å². The van der Waals surface area contributed by atoms with Crippen LogP contribution in [-0.2, 0) is 4.74 Å². The quantitative estimate of drug-likeness (QED) is 0.764. The second-order valence-electron chi connectivity index (χ2n) is 11.1. The number of nitrogens with one attached hydrogen (secondary N) is 1. The monoisotopic (exact) mass is 375 g/mol. The minimum atomic E-state index is -0.479. The maximum absolute atomic E-state index is 12.9. The van der Waals surface area contributed by atoms with Gasteiger partial charge >= 0.3 is 12.1 Å². The summed E-state index contributed by atoms with van der Waals surface area (Å²) >= 11 is 0. The van der Waals surface area contributed by atoms with Crippen LogP contribution in [0.1, 0.15) is 65.7 Å². The molecule has 6 rings (SSSR count). The molecule has 0 radical (unpaired) electrons. The van der Waals surface area contributed by atoms with Gasteiger partial charge in [-0.1, -0.05) is 0 Å². The predicted molar refractivity (Wildman–Crippen MR) is 101 cm³/mol. The molecule has 4 aliphatic carbocycles. The van der Waals surface area contributed by atoms with Crippen LogP contribution in [0.15, 0.2) is 0 Å². The molecule has 6 aliphatic rings. The number of amides is 3. The largest absolute Gasteiger partial charge is 0.444 e. The molecule has 0 aromatic heterocycles. The van der Waals surface area contributed by atoms with Crippen LogP contribution in [-0.4, -0.2) is 58.2 Å². The Morgan fingerprint density at radius 2 is 1.56 bits per heavy atom. The van der Waals surface area contributed by atoms with Gasteiger partial charge in [-0.2, -0.15) is 0 Å². The van der Waals surface area contributed by atoms with Crippen molar-refractivity contribution in [1.29, 1.82) is 0 Å². The summed E-state index contributed by atoms with van der Waals surface area (Å²) < 4.78 is 5.53. The number of urea groups is 1. The third-order valence-electron chi connectivity index (χ3n) is 7.66. The lowest BCUT2D eigenvalue weighted by Gasteiger charge is -2.62. The summed E-state index contributed by atoms with van der Waals surface area (Å²) in [5.74, 6) is 2.48. The summed E-state index contributed by atoms with van der Waals surface area (Å²) in [6, 6.07) is 0.0820. The Morgan fingerprint density at radius 3 is 2.00 bits per heavy atom. The Labute approximate surface area is 162 Å². The van der Waals surface area contributed by atoms with Crippen molar-refractivity contribution in [2.45, 2.75) is 82.4 Å². The van der Waals surface area contributed by atoms with Gasteiger partial charge in [0.15, 0.2) is 0 Å². The molecule has 6 nitrogen and oxygen atoms in total. The van der Waals surface area contributed by atoms with E-state index >= 15 is 0 Å². The van der Waals surface area contributed by atoms with Crippen LogP contribution in [0.4, 0.5) is 9.59 Å².